The summed E-state index contributed by atoms with van der Waals surface area (Å²) in [7, 11) is 0. The second kappa shape index (κ2) is 8.66. The highest BCUT2D eigenvalue weighted by Gasteiger charge is 2.26. The van der Waals surface area contributed by atoms with Gasteiger partial charge in [-0.05, 0) is 37.1 Å². The molecule has 172 valence electrons. The third-order valence-electron chi connectivity index (χ3n) is 6.58. The molecule has 2 aliphatic heterocycles. The first kappa shape index (κ1) is 20.5. The Bertz CT molecular complexity index is 1260. The molecule has 0 amide bonds. The lowest BCUT2D eigenvalue weighted by atomic mass is 10.1. The van der Waals surface area contributed by atoms with Gasteiger partial charge in [0.25, 0.3) is 0 Å². The van der Waals surface area contributed by atoms with Crippen molar-refractivity contribution in [3.8, 4) is 17.3 Å². The van der Waals surface area contributed by atoms with Crippen LogP contribution in [-0.2, 0) is 0 Å². The van der Waals surface area contributed by atoms with E-state index in [-0.39, 0.29) is 18.7 Å². The lowest BCUT2D eigenvalue weighted by Gasteiger charge is -2.25. The Labute approximate surface area is 191 Å². The van der Waals surface area contributed by atoms with Crippen molar-refractivity contribution in [2.75, 3.05) is 44.3 Å². The third kappa shape index (κ3) is 3.82. The summed E-state index contributed by atoms with van der Waals surface area (Å²) in [5.41, 5.74) is 3.41. The van der Waals surface area contributed by atoms with Crippen molar-refractivity contribution in [1.29, 1.82) is 0 Å². The van der Waals surface area contributed by atoms with Crippen LogP contribution in [0.5, 0.6) is 5.88 Å². The minimum absolute atomic E-state index is 0.153. The van der Waals surface area contributed by atoms with E-state index in [9.17, 15) is 5.11 Å². The van der Waals surface area contributed by atoms with Crippen molar-refractivity contribution in [3.05, 3.63) is 42.6 Å². The molecule has 5 heterocycles. The van der Waals surface area contributed by atoms with E-state index in [1.54, 1.807) is 10.7 Å². The fraction of sp³-hybridized carbons (Fsp3) is 0.417. The average molecular weight is 449 g/mol. The first-order valence-electron chi connectivity index (χ1n) is 11.6. The number of ether oxygens (including phenoxy) is 1. The van der Waals surface area contributed by atoms with E-state index in [1.165, 1.54) is 0 Å². The molecule has 6 rings (SSSR count). The van der Waals surface area contributed by atoms with Gasteiger partial charge in [-0.25, -0.2) is 9.50 Å². The van der Waals surface area contributed by atoms with Gasteiger partial charge in [0.05, 0.1) is 24.9 Å². The quantitative estimate of drug-likeness (QED) is 0.412. The topological polar surface area (TPSA) is 100 Å². The van der Waals surface area contributed by atoms with Crippen molar-refractivity contribution in [1.82, 2.24) is 25.2 Å². The second-order valence-corrected chi connectivity index (χ2v) is 8.72. The van der Waals surface area contributed by atoms with Gasteiger partial charge in [-0.2, -0.15) is 0 Å². The molecule has 0 bridgehead atoms. The molecule has 2 fully saturated rings. The Hall–Kier alpha value is -3.14. The van der Waals surface area contributed by atoms with Crippen LogP contribution in [0.2, 0.25) is 0 Å². The van der Waals surface area contributed by atoms with E-state index in [0.717, 1.165) is 67.0 Å². The van der Waals surface area contributed by atoms with Crippen molar-refractivity contribution in [2.24, 2.45) is 0 Å². The molecule has 2 atom stereocenters. The second-order valence-electron chi connectivity index (χ2n) is 8.72. The van der Waals surface area contributed by atoms with Crippen LogP contribution in [0.25, 0.3) is 28.1 Å². The van der Waals surface area contributed by atoms with E-state index >= 15 is 0 Å². The maximum absolute atomic E-state index is 9.79. The largest absolute Gasteiger partial charge is 0.475 e. The maximum atomic E-state index is 9.79. The summed E-state index contributed by atoms with van der Waals surface area (Å²) in [6.45, 7) is 4.45. The van der Waals surface area contributed by atoms with E-state index < -0.39 is 0 Å². The van der Waals surface area contributed by atoms with Gasteiger partial charge in [-0.3, -0.25) is 0 Å². The summed E-state index contributed by atoms with van der Waals surface area (Å²) in [4.78, 5) is 6.79. The molecular weight excluding hydrogens is 420 g/mol. The molecule has 0 aliphatic carbocycles. The summed E-state index contributed by atoms with van der Waals surface area (Å²) in [5.74, 6) is 1.25. The first-order valence-corrected chi connectivity index (χ1v) is 11.6. The highest BCUT2D eigenvalue weighted by molar-refractivity contribution is 5.94. The highest BCUT2D eigenvalue weighted by atomic mass is 16.5. The van der Waals surface area contributed by atoms with Crippen molar-refractivity contribution in [3.63, 3.8) is 0 Å². The van der Waals surface area contributed by atoms with Crippen molar-refractivity contribution >= 4 is 22.3 Å². The number of nitrogens with zero attached hydrogens (tertiary/aromatic N) is 4. The van der Waals surface area contributed by atoms with Crippen LogP contribution in [0.4, 0.5) is 5.69 Å². The van der Waals surface area contributed by atoms with Gasteiger partial charge in [0.1, 0.15) is 17.9 Å². The Morgan fingerprint density at radius 3 is 3.06 bits per heavy atom. The molecule has 9 heteroatoms. The number of nitrogens with one attached hydrogen (secondary N) is 2. The molecule has 3 aromatic heterocycles. The van der Waals surface area contributed by atoms with Gasteiger partial charge < -0.3 is 29.8 Å². The zero-order valence-corrected chi connectivity index (χ0v) is 18.4. The molecule has 0 spiro atoms. The van der Waals surface area contributed by atoms with Crippen LogP contribution >= 0.6 is 0 Å². The van der Waals surface area contributed by atoms with Gasteiger partial charge in [0, 0.05) is 43.3 Å². The number of aliphatic hydroxyl groups excluding tert-OH is 1. The van der Waals surface area contributed by atoms with E-state index in [0.29, 0.717) is 18.2 Å². The molecule has 2 aliphatic rings. The Balaban J connectivity index is 1.32. The van der Waals surface area contributed by atoms with Crippen LogP contribution in [-0.4, -0.2) is 71.2 Å². The number of hydrogen-bond acceptors (Lipinski definition) is 8. The molecule has 33 heavy (non-hydrogen) atoms. The molecule has 0 saturated carbocycles. The first-order chi connectivity index (χ1) is 16.3. The summed E-state index contributed by atoms with van der Waals surface area (Å²) < 4.78 is 14.0. The van der Waals surface area contributed by atoms with Crippen molar-refractivity contribution < 1.29 is 14.3 Å². The van der Waals surface area contributed by atoms with Crippen LogP contribution in [0, 0.1) is 0 Å². The third-order valence-corrected chi connectivity index (χ3v) is 6.58. The molecule has 3 N–H and O–H groups in total. The number of furan rings is 1. The lowest BCUT2D eigenvalue weighted by Crippen LogP contribution is -2.51. The smallest absolute Gasteiger partial charge is 0.231 e. The Morgan fingerprint density at radius 1 is 1.21 bits per heavy atom. The summed E-state index contributed by atoms with van der Waals surface area (Å²) >= 11 is 0. The Morgan fingerprint density at radius 2 is 2.18 bits per heavy atom. The molecule has 9 nitrogen and oxygen atoms in total. The zero-order valence-electron chi connectivity index (χ0n) is 18.4. The summed E-state index contributed by atoms with van der Waals surface area (Å²) in [6, 6.07) is 12.3. The predicted octanol–water partition coefficient (Wildman–Crippen LogP) is 2.04. The molecule has 1 aromatic carbocycles. The number of aliphatic hydroxyl groups is 1. The Kier molecular flexibility index (Phi) is 5.37. The maximum Gasteiger partial charge on any atom is 0.231 e. The van der Waals surface area contributed by atoms with Crippen molar-refractivity contribution in [2.45, 2.75) is 24.9 Å². The number of anilines is 1. The van der Waals surface area contributed by atoms with Gasteiger partial charge in [-0.1, -0.05) is 6.07 Å². The number of aromatic nitrogens is 3. The van der Waals surface area contributed by atoms with Gasteiger partial charge >= 0.3 is 0 Å². The van der Waals surface area contributed by atoms with Crippen LogP contribution in [0.3, 0.4) is 0 Å². The average Bonchev–Trinajstić information content (AvgIpc) is 3.60. The number of piperazine rings is 1. The number of imidazole rings is 1. The van der Waals surface area contributed by atoms with Crippen LogP contribution in [0.15, 0.2) is 47.0 Å². The fourth-order valence-electron chi connectivity index (χ4n) is 4.88. The van der Waals surface area contributed by atoms with E-state index in [4.69, 9.17) is 9.15 Å². The zero-order chi connectivity index (χ0) is 22.2. The van der Waals surface area contributed by atoms with Crippen LogP contribution in [0.1, 0.15) is 12.8 Å². The van der Waals surface area contributed by atoms with Crippen LogP contribution < -0.4 is 20.3 Å². The number of fused-ring (bicyclic) bond motifs is 2. The molecule has 2 saturated heterocycles. The molecule has 4 aromatic rings. The number of benzene rings is 1. The summed E-state index contributed by atoms with van der Waals surface area (Å²) in [5, 5.41) is 22.3. The predicted molar refractivity (Wildman–Crippen MR) is 126 cm³/mol. The fourth-order valence-corrected chi connectivity index (χ4v) is 4.88. The molecular formula is C24H28N6O3. The standard InChI is InChI=1S/C24H28N6O3/c31-14-17-3-2-10-29(17)19-4-1-5-21-18(19)11-22(33-21)20-13-27-23-6-7-24(28-30(20)23)32-15-16-12-25-8-9-26-16/h1,4-7,11,13,16-17,25-26,31H,2-3,8-10,12,14-15H2. The highest BCUT2D eigenvalue weighted by Crippen LogP contribution is 2.36. The SMILES string of the molecule is OCC1CCCN1c1cccc2oc(-c3cnc4ccc(OCC5CNCCN5)nn34)cc12. The van der Waals surface area contributed by atoms with Gasteiger partial charge in [0.15, 0.2) is 11.4 Å². The minimum atomic E-state index is 0.153. The molecule has 2 unspecified atom stereocenters. The van der Waals surface area contributed by atoms with Gasteiger partial charge in [-0.15, -0.1) is 5.10 Å². The molecule has 0 radical (unpaired) electrons. The van der Waals surface area contributed by atoms with Gasteiger partial charge in [0.2, 0.25) is 5.88 Å². The number of rotatable bonds is 6. The summed E-state index contributed by atoms with van der Waals surface area (Å²) in [6.07, 6.45) is 3.87. The minimum Gasteiger partial charge on any atom is -0.475 e. The van der Waals surface area contributed by atoms with E-state index in [2.05, 4.69) is 31.7 Å². The normalized spacial score (nSPS) is 21.3. The lowest BCUT2D eigenvalue weighted by molar-refractivity contribution is 0.237. The number of hydrogen-bond donors (Lipinski definition) is 3. The van der Waals surface area contributed by atoms with E-state index in [1.807, 2.05) is 30.3 Å². The monoisotopic (exact) mass is 448 g/mol.